The maximum Gasteiger partial charge on any atom is 0.472 e. The molecule has 0 fully saturated rings. The van der Waals surface area contributed by atoms with Crippen molar-refractivity contribution >= 4 is 13.7 Å². The number of hydrogen-bond donors (Lipinski definition) is 4. The predicted octanol–water partition coefficient (Wildman–Crippen LogP) is 11.8. The van der Waals surface area contributed by atoms with Crippen LogP contribution in [0, 0.1) is 0 Å². The van der Waals surface area contributed by atoms with Gasteiger partial charge in [0.2, 0.25) is 5.91 Å². The number of nitrogens with one attached hydrogen (secondary N) is 1. The van der Waals surface area contributed by atoms with E-state index in [0.717, 1.165) is 38.5 Å². The van der Waals surface area contributed by atoms with Gasteiger partial charge in [0.05, 0.1) is 25.4 Å². The van der Waals surface area contributed by atoms with Crippen molar-refractivity contribution in [2.75, 3.05) is 19.8 Å². The summed E-state index contributed by atoms with van der Waals surface area (Å²) in [4.78, 5) is 22.6. The molecule has 0 radical (unpaired) electrons. The Morgan fingerprint density at radius 3 is 1.51 bits per heavy atom. The number of carbonyl (C=O) groups excluding carboxylic acids is 1. The molecule has 1 amide bonds. The molecule has 0 saturated heterocycles. The van der Waals surface area contributed by atoms with Gasteiger partial charge < -0.3 is 21.1 Å². The maximum atomic E-state index is 12.7. The Labute approximate surface area is 315 Å². The molecule has 0 aliphatic heterocycles. The van der Waals surface area contributed by atoms with E-state index in [1.807, 2.05) is 6.08 Å². The molecule has 5 N–H and O–H groups in total. The highest BCUT2D eigenvalue weighted by Gasteiger charge is 2.26. The number of aliphatic hydroxyl groups is 1. The number of aliphatic hydroxyl groups excluding tert-OH is 1. The molecule has 0 aliphatic carbocycles. The van der Waals surface area contributed by atoms with E-state index in [1.165, 1.54) is 148 Å². The first-order chi connectivity index (χ1) is 24.9. The fourth-order valence-corrected chi connectivity index (χ4v) is 7.03. The van der Waals surface area contributed by atoms with E-state index in [2.05, 4.69) is 31.3 Å². The van der Waals surface area contributed by atoms with Gasteiger partial charge in [-0.25, -0.2) is 4.57 Å². The summed E-state index contributed by atoms with van der Waals surface area (Å²) >= 11 is 0. The van der Waals surface area contributed by atoms with Gasteiger partial charge in [-0.1, -0.05) is 192 Å². The van der Waals surface area contributed by atoms with Crippen LogP contribution >= 0.6 is 7.82 Å². The number of rotatable bonds is 40. The highest BCUT2D eigenvalue weighted by molar-refractivity contribution is 7.47. The summed E-state index contributed by atoms with van der Waals surface area (Å²) in [5.74, 6) is -0.202. The van der Waals surface area contributed by atoms with Gasteiger partial charge in [0.15, 0.2) is 0 Å². The fraction of sp³-hybridized carbons (Fsp3) is 0.881. The standard InChI is InChI=1S/C42H83N2O6P/c1-3-5-7-9-11-13-15-17-18-19-20-21-22-23-24-26-28-30-32-34-36-42(46)44-40(39-50-51(47,48)49-38-37-43)41(45)35-33-31-29-27-25-16-14-12-10-8-6-4-2/h25,27,33,35,40-41,45H,3-24,26,28-32,34,36-39,43H2,1-2H3,(H,44,46)(H,47,48)/b27-25+,35-33+. The highest BCUT2D eigenvalue weighted by atomic mass is 31.2. The monoisotopic (exact) mass is 743 g/mol. The number of allylic oxidation sites excluding steroid dienone is 3. The van der Waals surface area contributed by atoms with Crippen molar-refractivity contribution in [2.24, 2.45) is 5.73 Å². The van der Waals surface area contributed by atoms with E-state index in [4.69, 9.17) is 14.8 Å². The lowest BCUT2D eigenvalue weighted by Crippen LogP contribution is -2.45. The third kappa shape index (κ3) is 37.1. The van der Waals surface area contributed by atoms with Gasteiger partial charge in [-0.15, -0.1) is 0 Å². The Morgan fingerprint density at radius 2 is 1.04 bits per heavy atom. The molecule has 0 saturated carbocycles. The molecule has 302 valence electrons. The summed E-state index contributed by atoms with van der Waals surface area (Å²) in [6, 6.07) is -0.871. The molecule has 0 heterocycles. The molecule has 0 spiro atoms. The molecular weight excluding hydrogens is 659 g/mol. The lowest BCUT2D eigenvalue weighted by molar-refractivity contribution is -0.123. The smallest absolute Gasteiger partial charge is 0.387 e. The Hall–Kier alpha value is -1.02. The molecule has 3 unspecified atom stereocenters. The van der Waals surface area contributed by atoms with Crippen molar-refractivity contribution in [3.63, 3.8) is 0 Å². The van der Waals surface area contributed by atoms with Crippen LogP contribution in [0.5, 0.6) is 0 Å². The zero-order valence-electron chi connectivity index (χ0n) is 33.4. The SMILES string of the molecule is CCCCCCCC/C=C/CC/C=C/C(O)C(COP(=O)(O)OCCN)NC(=O)CCCCCCCCCCCCCCCCCCCCCC. The number of phosphoric acid groups is 1. The van der Waals surface area contributed by atoms with Gasteiger partial charge in [-0.3, -0.25) is 13.8 Å². The molecular formula is C42H83N2O6P. The first-order valence-corrected chi connectivity index (χ1v) is 23.0. The van der Waals surface area contributed by atoms with E-state index in [9.17, 15) is 19.4 Å². The Bertz CT molecular complexity index is 855. The van der Waals surface area contributed by atoms with Crippen molar-refractivity contribution in [1.82, 2.24) is 5.32 Å². The number of amides is 1. The number of unbranched alkanes of at least 4 members (excludes halogenated alkanes) is 26. The second kappa shape index (κ2) is 38.7. The van der Waals surface area contributed by atoms with Gasteiger partial charge in [0, 0.05) is 13.0 Å². The lowest BCUT2D eigenvalue weighted by Gasteiger charge is -2.23. The Morgan fingerprint density at radius 1 is 0.627 bits per heavy atom. The average molecular weight is 743 g/mol. The highest BCUT2D eigenvalue weighted by Crippen LogP contribution is 2.43. The molecule has 51 heavy (non-hydrogen) atoms. The van der Waals surface area contributed by atoms with Crippen LogP contribution in [-0.2, 0) is 18.4 Å². The molecule has 0 aromatic rings. The van der Waals surface area contributed by atoms with Crippen LogP contribution < -0.4 is 11.1 Å². The fourth-order valence-electron chi connectivity index (χ4n) is 6.27. The summed E-state index contributed by atoms with van der Waals surface area (Å²) in [5.41, 5.74) is 5.36. The number of hydrogen-bond acceptors (Lipinski definition) is 6. The minimum Gasteiger partial charge on any atom is -0.387 e. The summed E-state index contributed by atoms with van der Waals surface area (Å²) in [7, 11) is -4.34. The molecule has 8 nitrogen and oxygen atoms in total. The molecule has 3 atom stereocenters. The van der Waals surface area contributed by atoms with Crippen LogP contribution in [0.15, 0.2) is 24.3 Å². The van der Waals surface area contributed by atoms with Crippen LogP contribution in [0.1, 0.15) is 206 Å². The molecule has 0 aromatic heterocycles. The van der Waals surface area contributed by atoms with Crippen LogP contribution in [0.3, 0.4) is 0 Å². The second-order valence-corrected chi connectivity index (χ2v) is 16.0. The minimum atomic E-state index is -4.34. The van der Waals surface area contributed by atoms with E-state index in [0.29, 0.717) is 6.42 Å². The second-order valence-electron chi connectivity index (χ2n) is 14.6. The van der Waals surface area contributed by atoms with Crippen molar-refractivity contribution in [1.29, 1.82) is 0 Å². The summed E-state index contributed by atoms with van der Waals surface area (Å²) in [6.07, 6.45) is 43.8. The van der Waals surface area contributed by atoms with Crippen LogP contribution in [-0.4, -0.2) is 47.8 Å². The van der Waals surface area contributed by atoms with Crippen LogP contribution in [0.25, 0.3) is 0 Å². The minimum absolute atomic E-state index is 0.0757. The number of carbonyl (C=O) groups is 1. The zero-order chi connectivity index (χ0) is 37.5. The van der Waals surface area contributed by atoms with E-state index in [1.54, 1.807) is 6.08 Å². The summed E-state index contributed by atoms with van der Waals surface area (Å²) in [5, 5.41) is 13.6. The molecule has 0 aliphatic rings. The van der Waals surface area contributed by atoms with Gasteiger partial charge in [0.1, 0.15) is 0 Å². The Balaban J connectivity index is 4.15. The van der Waals surface area contributed by atoms with Crippen molar-refractivity contribution in [3.8, 4) is 0 Å². The zero-order valence-corrected chi connectivity index (χ0v) is 34.2. The lowest BCUT2D eigenvalue weighted by atomic mass is 10.0. The van der Waals surface area contributed by atoms with Crippen molar-refractivity contribution < 1.29 is 28.4 Å². The first kappa shape index (κ1) is 50.0. The van der Waals surface area contributed by atoms with Gasteiger partial charge in [-0.05, 0) is 32.1 Å². The molecule has 0 rings (SSSR count). The van der Waals surface area contributed by atoms with E-state index >= 15 is 0 Å². The average Bonchev–Trinajstić information content (AvgIpc) is 3.12. The Kier molecular flexibility index (Phi) is 37.9. The maximum absolute atomic E-state index is 12.7. The van der Waals surface area contributed by atoms with Gasteiger partial charge in [-0.2, -0.15) is 0 Å². The third-order valence-corrected chi connectivity index (χ3v) is 10.5. The molecule has 0 aromatic carbocycles. The van der Waals surface area contributed by atoms with E-state index < -0.39 is 20.0 Å². The quantitative estimate of drug-likeness (QED) is 0.0279. The molecule has 0 bridgehead atoms. The normalized spacial score (nSPS) is 14.4. The molecule has 9 heteroatoms. The summed E-state index contributed by atoms with van der Waals surface area (Å²) in [6.45, 7) is 4.11. The number of phosphoric ester groups is 1. The van der Waals surface area contributed by atoms with Gasteiger partial charge >= 0.3 is 7.82 Å². The third-order valence-electron chi connectivity index (χ3n) is 9.53. The topological polar surface area (TPSA) is 131 Å². The van der Waals surface area contributed by atoms with Gasteiger partial charge in [0.25, 0.3) is 0 Å². The predicted molar refractivity (Wildman–Crippen MR) is 217 cm³/mol. The van der Waals surface area contributed by atoms with Crippen LogP contribution in [0.2, 0.25) is 0 Å². The largest absolute Gasteiger partial charge is 0.472 e. The summed E-state index contributed by atoms with van der Waals surface area (Å²) < 4.78 is 22.1. The van der Waals surface area contributed by atoms with Crippen LogP contribution in [0.4, 0.5) is 0 Å². The van der Waals surface area contributed by atoms with Crippen molar-refractivity contribution in [3.05, 3.63) is 24.3 Å². The first-order valence-electron chi connectivity index (χ1n) is 21.5. The van der Waals surface area contributed by atoms with E-state index in [-0.39, 0.29) is 25.7 Å². The number of nitrogens with two attached hydrogens (primary N) is 1. The van der Waals surface area contributed by atoms with Crippen molar-refractivity contribution in [2.45, 2.75) is 219 Å².